The summed E-state index contributed by atoms with van der Waals surface area (Å²) in [7, 11) is 0. The van der Waals surface area contributed by atoms with Crippen molar-refractivity contribution >= 4 is 5.91 Å². The summed E-state index contributed by atoms with van der Waals surface area (Å²) in [5.41, 5.74) is 2.15. The smallest absolute Gasteiger partial charge is 0.254 e. The third-order valence-corrected chi connectivity index (χ3v) is 3.99. The van der Waals surface area contributed by atoms with Crippen LogP contribution in [0.1, 0.15) is 30.6 Å². The molecular formula is C17H18FNO3. The van der Waals surface area contributed by atoms with Gasteiger partial charge in [0, 0.05) is 12.0 Å². The molecule has 1 heterocycles. The van der Waals surface area contributed by atoms with Crippen LogP contribution in [-0.4, -0.2) is 12.5 Å². The summed E-state index contributed by atoms with van der Waals surface area (Å²) in [6.45, 7) is 0.389. The molecule has 1 amide bonds. The predicted octanol–water partition coefficient (Wildman–Crippen LogP) is 3.13. The average molecular weight is 303 g/mol. The second-order valence-electron chi connectivity index (χ2n) is 5.52. The van der Waals surface area contributed by atoms with E-state index < -0.39 is 5.41 Å². The first-order valence-electron chi connectivity index (χ1n) is 7.42. The Morgan fingerprint density at radius 3 is 2.77 bits per heavy atom. The number of carbonyl (C=O) groups is 1. The van der Waals surface area contributed by atoms with Gasteiger partial charge in [0.05, 0.1) is 18.3 Å². The molecule has 0 atom stereocenters. The summed E-state index contributed by atoms with van der Waals surface area (Å²) in [5.74, 6) is 0.281. The number of rotatable bonds is 7. The standard InChI is InChI=1S/C17H18FNO3/c18-15-8-2-1-7-14(15)17(9-10-17)16(20)19-22-12-4-6-13-5-3-11-21-13/h1-3,5,7-8,11H,4,6,9-10,12H2,(H,19,20). The quantitative estimate of drug-likeness (QED) is 0.631. The van der Waals surface area contributed by atoms with Crippen LogP contribution >= 0.6 is 0 Å². The van der Waals surface area contributed by atoms with Crippen molar-refractivity contribution in [3.05, 3.63) is 59.8 Å². The van der Waals surface area contributed by atoms with E-state index in [1.165, 1.54) is 6.07 Å². The number of hydroxylamine groups is 1. The monoisotopic (exact) mass is 303 g/mol. The van der Waals surface area contributed by atoms with E-state index in [9.17, 15) is 9.18 Å². The number of nitrogens with one attached hydrogen (secondary N) is 1. The summed E-state index contributed by atoms with van der Waals surface area (Å²) >= 11 is 0. The highest BCUT2D eigenvalue weighted by molar-refractivity contribution is 5.90. The lowest BCUT2D eigenvalue weighted by molar-refractivity contribution is -0.136. The van der Waals surface area contributed by atoms with Crippen molar-refractivity contribution in [3.8, 4) is 0 Å². The maximum atomic E-state index is 13.9. The highest BCUT2D eigenvalue weighted by atomic mass is 19.1. The Kier molecular flexibility index (Phi) is 4.24. The fourth-order valence-electron chi connectivity index (χ4n) is 2.58. The Morgan fingerprint density at radius 2 is 2.09 bits per heavy atom. The Hall–Kier alpha value is -2.14. The number of aryl methyl sites for hydroxylation is 1. The topological polar surface area (TPSA) is 51.5 Å². The van der Waals surface area contributed by atoms with Gasteiger partial charge in [-0.3, -0.25) is 9.63 Å². The van der Waals surface area contributed by atoms with Gasteiger partial charge in [0.1, 0.15) is 11.6 Å². The van der Waals surface area contributed by atoms with Crippen molar-refractivity contribution in [1.29, 1.82) is 0 Å². The number of benzene rings is 1. The van der Waals surface area contributed by atoms with Crippen LogP contribution in [0, 0.1) is 5.82 Å². The normalized spacial score (nSPS) is 15.5. The highest BCUT2D eigenvalue weighted by Crippen LogP contribution is 2.49. The Morgan fingerprint density at radius 1 is 1.27 bits per heavy atom. The molecule has 116 valence electrons. The number of amides is 1. The molecule has 3 rings (SSSR count). The van der Waals surface area contributed by atoms with Crippen molar-refractivity contribution in [2.75, 3.05) is 6.61 Å². The molecule has 4 nitrogen and oxygen atoms in total. The molecule has 2 aromatic rings. The summed E-state index contributed by atoms with van der Waals surface area (Å²) < 4.78 is 19.1. The molecule has 0 unspecified atom stereocenters. The maximum Gasteiger partial charge on any atom is 0.254 e. The maximum absolute atomic E-state index is 13.9. The lowest BCUT2D eigenvalue weighted by Crippen LogP contribution is -2.35. The zero-order chi connectivity index (χ0) is 15.4. The first-order chi connectivity index (χ1) is 10.7. The van der Waals surface area contributed by atoms with E-state index in [0.29, 0.717) is 25.0 Å². The third kappa shape index (κ3) is 3.04. The molecular weight excluding hydrogens is 285 g/mol. The molecule has 22 heavy (non-hydrogen) atoms. The average Bonchev–Trinajstić information content (AvgIpc) is 3.17. The van der Waals surface area contributed by atoms with Crippen molar-refractivity contribution in [2.45, 2.75) is 31.1 Å². The molecule has 1 aromatic carbocycles. The fourth-order valence-corrected chi connectivity index (χ4v) is 2.58. The van der Waals surface area contributed by atoms with Crippen LogP contribution in [0.25, 0.3) is 0 Å². The summed E-state index contributed by atoms with van der Waals surface area (Å²) in [6, 6.07) is 10.2. The van der Waals surface area contributed by atoms with E-state index in [1.807, 2.05) is 12.1 Å². The lowest BCUT2D eigenvalue weighted by atomic mass is 9.95. The van der Waals surface area contributed by atoms with Crippen LogP contribution in [0.15, 0.2) is 47.1 Å². The molecule has 1 N–H and O–H groups in total. The predicted molar refractivity (Wildman–Crippen MR) is 78.4 cm³/mol. The Balaban J connectivity index is 1.47. The SMILES string of the molecule is O=C(NOCCCc1ccco1)C1(c2ccccc2F)CC1. The number of furan rings is 1. The second kappa shape index (κ2) is 6.32. The van der Waals surface area contributed by atoms with Gasteiger partial charge in [0.2, 0.25) is 0 Å². The fraction of sp³-hybridized carbons (Fsp3) is 0.353. The minimum atomic E-state index is -0.758. The molecule has 1 aliphatic carbocycles. The van der Waals surface area contributed by atoms with E-state index in [0.717, 1.165) is 18.6 Å². The molecule has 5 heteroatoms. The van der Waals surface area contributed by atoms with Gasteiger partial charge in [-0.2, -0.15) is 0 Å². The van der Waals surface area contributed by atoms with Gasteiger partial charge in [-0.15, -0.1) is 0 Å². The highest BCUT2D eigenvalue weighted by Gasteiger charge is 2.52. The van der Waals surface area contributed by atoms with Crippen LogP contribution < -0.4 is 5.48 Å². The van der Waals surface area contributed by atoms with Crippen LogP contribution in [0.5, 0.6) is 0 Å². The number of halogens is 1. The van der Waals surface area contributed by atoms with Gasteiger partial charge < -0.3 is 4.42 Å². The number of carbonyl (C=O) groups excluding carboxylic acids is 1. The van der Waals surface area contributed by atoms with Gasteiger partial charge >= 0.3 is 0 Å². The van der Waals surface area contributed by atoms with Crippen molar-refractivity contribution < 1.29 is 18.4 Å². The van der Waals surface area contributed by atoms with E-state index >= 15 is 0 Å². The Bertz CT molecular complexity index is 635. The largest absolute Gasteiger partial charge is 0.469 e. The summed E-state index contributed by atoms with van der Waals surface area (Å²) in [6.07, 6.45) is 4.41. The summed E-state index contributed by atoms with van der Waals surface area (Å²) in [5, 5.41) is 0. The lowest BCUT2D eigenvalue weighted by Gasteiger charge is -2.16. The van der Waals surface area contributed by atoms with E-state index in [1.54, 1.807) is 24.5 Å². The van der Waals surface area contributed by atoms with Gasteiger partial charge in [0.15, 0.2) is 0 Å². The van der Waals surface area contributed by atoms with Crippen LogP contribution in [0.4, 0.5) is 4.39 Å². The molecule has 1 aliphatic rings. The molecule has 1 aromatic heterocycles. The second-order valence-corrected chi connectivity index (χ2v) is 5.52. The molecule has 0 radical (unpaired) electrons. The van der Waals surface area contributed by atoms with E-state index in [4.69, 9.17) is 9.25 Å². The van der Waals surface area contributed by atoms with Crippen LogP contribution in [-0.2, 0) is 21.5 Å². The molecule has 1 fully saturated rings. The van der Waals surface area contributed by atoms with Gasteiger partial charge in [0.25, 0.3) is 5.91 Å². The van der Waals surface area contributed by atoms with Gasteiger partial charge in [-0.25, -0.2) is 9.87 Å². The Labute approximate surface area is 128 Å². The first kappa shape index (κ1) is 14.8. The molecule has 0 spiro atoms. The first-order valence-corrected chi connectivity index (χ1v) is 7.42. The van der Waals surface area contributed by atoms with Crippen molar-refractivity contribution in [1.82, 2.24) is 5.48 Å². The third-order valence-electron chi connectivity index (χ3n) is 3.99. The van der Waals surface area contributed by atoms with Crippen LogP contribution in [0.3, 0.4) is 0 Å². The van der Waals surface area contributed by atoms with E-state index in [-0.39, 0.29) is 11.7 Å². The number of hydrogen-bond donors (Lipinski definition) is 1. The molecule has 0 bridgehead atoms. The summed E-state index contributed by atoms with van der Waals surface area (Å²) in [4.78, 5) is 17.5. The minimum absolute atomic E-state index is 0.268. The zero-order valence-electron chi connectivity index (χ0n) is 12.2. The molecule has 0 saturated heterocycles. The minimum Gasteiger partial charge on any atom is -0.469 e. The van der Waals surface area contributed by atoms with Crippen LogP contribution in [0.2, 0.25) is 0 Å². The van der Waals surface area contributed by atoms with Crippen molar-refractivity contribution in [2.24, 2.45) is 0 Å². The van der Waals surface area contributed by atoms with Gasteiger partial charge in [-0.05, 0) is 37.5 Å². The molecule has 1 saturated carbocycles. The zero-order valence-corrected chi connectivity index (χ0v) is 12.2. The van der Waals surface area contributed by atoms with E-state index in [2.05, 4.69) is 5.48 Å². The number of hydrogen-bond acceptors (Lipinski definition) is 3. The molecule has 0 aliphatic heterocycles. The van der Waals surface area contributed by atoms with Gasteiger partial charge in [-0.1, -0.05) is 18.2 Å². The van der Waals surface area contributed by atoms with Crippen molar-refractivity contribution in [3.63, 3.8) is 0 Å².